The van der Waals surface area contributed by atoms with E-state index in [2.05, 4.69) is 76.8 Å². The van der Waals surface area contributed by atoms with Crippen LogP contribution in [0.2, 0.25) is 0 Å². The van der Waals surface area contributed by atoms with Gasteiger partial charge in [-0.05, 0) is 80.4 Å². The van der Waals surface area contributed by atoms with Gasteiger partial charge < -0.3 is 13.7 Å². The number of nitrogens with zero attached hydrogens (tertiary/aromatic N) is 6. The van der Waals surface area contributed by atoms with Crippen LogP contribution < -0.4 is 0 Å². The third-order valence-electron chi connectivity index (χ3n) is 10.7. The molecule has 10 heteroatoms. The van der Waals surface area contributed by atoms with Crippen molar-refractivity contribution in [3.8, 4) is 33.6 Å². The number of unbranched alkanes of at least 4 members (excludes halogenated alkanes) is 1. The van der Waals surface area contributed by atoms with E-state index in [4.69, 9.17) is 29.5 Å². The van der Waals surface area contributed by atoms with Crippen LogP contribution in [-0.4, -0.2) is 42.3 Å². The molecule has 0 unspecified atom stereocenters. The number of benzene rings is 4. The molecular weight excluding hydrogens is 788 g/mol. The normalized spacial score (nSPS) is 11.7. The Labute approximate surface area is 347 Å². The molecule has 0 amide bonds. The number of esters is 1. The first-order chi connectivity index (χ1) is 28.5. The van der Waals surface area contributed by atoms with Crippen molar-refractivity contribution in [2.45, 2.75) is 65.0 Å². The van der Waals surface area contributed by atoms with Crippen molar-refractivity contribution in [1.29, 1.82) is 0 Å². The molecule has 2 aliphatic rings. The molecule has 0 spiro atoms. The standard InChI is InChI=1S/C48H45BrN6O3/c1-4-7-28-42-50-41(19-5-2)45(47(56)58-6-3)54(42)31-39-36-29-30-57-32-40(36)44(49)43(39)37-26-17-18-27-38(37)46-51-53-55(52-46)48(33-20-11-8-12-21-33,34-22-13-9-14-23-34)35-24-15-10-16-25-35/h8-18,20-27,29-30,32H,4-7,19,28,31H2,1-3H3. The highest BCUT2D eigenvalue weighted by Crippen LogP contribution is 2.49. The summed E-state index contributed by atoms with van der Waals surface area (Å²) in [6, 6.07) is 41.1. The highest BCUT2D eigenvalue weighted by atomic mass is 79.9. The lowest BCUT2D eigenvalue weighted by atomic mass is 9.77. The maximum absolute atomic E-state index is 13.8. The van der Waals surface area contributed by atoms with Crippen LogP contribution in [-0.2, 0) is 29.7 Å². The van der Waals surface area contributed by atoms with Gasteiger partial charge in [0.2, 0.25) is 5.82 Å². The monoisotopic (exact) mass is 832 g/mol. The molecule has 2 aromatic heterocycles. The first kappa shape index (κ1) is 38.7. The first-order valence-corrected chi connectivity index (χ1v) is 20.8. The second-order valence-corrected chi connectivity index (χ2v) is 15.1. The topological polar surface area (TPSA) is 101 Å². The van der Waals surface area contributed by atoms with Crippen molar-refractivity contribution >= 4 is 21.9 Å². The van der Waals surface area contributed by atoms with Gasteiger partial charge in [-0.2, -0.15) is 0 Å². The number of halogens is 1. The minimum Gasteiger partial charge on any atom is -0.472 e. The van der Waals surface area contributed by atoms with Crippen molar-refractivity contribution in [2.75, 3.05) is 6.61 Å². The molecule has 0 radical (unpaired) electrons. The molecule has 8 rings (SSSR count). The van der Waals surface area contributed by atoms with Gasteiger partial charge in [-0.1, -0.05) is 142 Å². The molecule has 292 valence electrons. The van der Waals surface area contributed by atoms with Gasteiger partial charge in [0, 0.05) is 27.6 Å². The number of rotatable bonds is 15. The van der Waals surface area contributed by atoms with Gasteiger partial charge in [0.25, 0.3) is 0 Å². The number of hydrogen-bond acceptors (Lipinski definition) is 7. The average molecular weight is 834 g/mol. The van der Waals surface area contributed by atoms with Crippen LogP contribution in [0, 0.1) is 0 Å². The Morgan fingerprint density at radius 2 is 1.36 bits per heavy atom. The predicted molar refractivity (Wildman–Crippen MR) is 230 cm³/mol. The maximum Gasteiger partial charge on any atom is 0.356 e. The number of aryl methyl sites for hydroxylation is 2. The van der Waals surface area contributed by atoms with Crippen LogP contribution in [0.1, 0.15) is 84.3 Å². The Kier molecular flexibility index (Phi) is 11.5. The molecule has 0 bridgehead atoms. The third kappa shape index (κ3) is 6.95. The van der Waals surface area contributed by atoms with Crippen LogP contribution in [0.15, 0.2) is 143 Å². The quantitative estimate of drug-likeness (QED) is 0.0749. The number of carbonyl (C=O) groups is 1. The fourth-order valence-corrected chi connectivity index (χ4v) is 8.90. The highest BCUT2D eigenvalue weighted by Gasteiger charge is 2.41. The van der Waals surface area contributed by atoms with Crippen LogP contribution in [0.4, 0.5) is 0 Å². The molecule has 1 aliphatic carbocycles. The van der Waals surface area contributed by atoms with Crippen molar-refractivity contribution < 1.29 is 13.9 Å². The largest absolute Gasteiger partial charge is 0.472 e. The summed E-state index contributed by atoms with van der Waals surface area (Å²) in [5.74, 6) is 0.995. The van der Waals surface area contributed by atoms with Gasteiger partial charge in [0.05, 0.1) is 31.4 Å². The molecule has 6 aromatic rings. The van der Waals surface area contributed by atoms with Crippen molar-refractivity contribution in [2.24, 2.45) is 0 Å². The van der Waals surface area contributed by atoms with Gasteiger partial charge in [-0.15, -0.1) is 15.0 Å². The third-order valence-corrected chi connectivity index (χ3v) is 11.6. The molecule has 9 nitrogen and oxygen atoms in total. The van der Waals surface area contributed by atoms with Crippen molar-refractivity contribution in [3.63, 3.8) is 0 Å². The Morgan fingerprint density at radius 3 is 1.97 bits per heavy atom. The van der Waals surface area contributed by atoms with E-state index in [0.29, 0.717) is 24.5 Å². The van der Waals surface area contributed by atoms with E-state index in [1.54, 1.807) is 17.3 Å². The van der Waals surface area contributed by atoms with Crippen LogP contribution in [0.3, 0.4) is 0 Å². The minimum absolute atomic E-state index is 0.276. The zero-order chi connectivity index (χ0) is 40.1. The fourth-order valence-electron chi connectivity index (χ4n) is 8.14. The number of aromatic nitrogens is 6. The summed E-state index contributed by atoms with van der Waals surface area (Å²) in [5, 5.41) is 15.0. The van der Waals surface area contributed by atoms with E-state index in [1.165, 1.54) is 0 Å². The van der Waals surface area contributed by atoms with Crippen molar-refractivity contribution in [1.82, 2.24) is 29.8 Å². The van der Waals surface area contributed by atoms with E-state index in [-0.39, 0.29) is 12.6 Å². The van der Waals surface area contributed by atoms with E-state index in [1.807, 2.05) is 85.8 Å². The zero-order valence-corrected chi connectivity index (χ0v) is 34.5. The summed E-state index contributed by atoms with van der Waals surface area (Å²) in [6.45, 7) is 6.77. The van der Waals surface area contributed by atoms with Gasteiger partial charge >= 0.3 is 5.97 Å². The molecule has 0 N–H and O–H groups in total. The molecule has 0 saturated carbocycles. The Balaban J connectivity index is 1.33. The number of fused-ring (bicyclic) bond motifs is 1. The molecule has 1 aliphatic heterocycles. The molecule has 0 fully saturated rings. The molecule has 0 saturated heterocycles. The second kappa shape index (κ2) is 17.2. The van der Waals surface area contributed by atoms with Gasteiger partial charge in [-0.25, -0.2) is 9.78 Å². The van der Waals surface area contributed by atoms with Crippen molar-refractivity contribution in [3.05, 3.63) is 178 Å². The van der Waals surface area contributed by atoms with Crippen LogP contribution in [0.5, 0.6) is 0 Å². The summed E-state index contributed by atoms with van der Waals surface area (Å²) in [4.78, 5) is 20.6. The van der Waals surface area contributed by atoms with E-state index in [0.717, 1.165) is 91.7 Å². The van der Waals surface area contributed by atoms with Crippen LogP contribution in [0.25, 0.3) is 33.6 Å². The van der Waals surface area contributed by atoms with Crippen LogP contribution >= 0.6 is 15.9 Å². The minimum atomic E-state index is -0.928. The zero-order valence-electron chi connectivity index (χ0n) is 32.9. The lowest BCUT2D eigenvalue weighted by molar-refractivity contribution is 0.0512. The second-order valence-electron chi connectivity index (χ2n) is 14.3. The number of ether oxygens (including phenoxy) is 1. The number of imidazole rings is 1. The molecule has 58 heavy (non-hydrogen) atoms. The lowest BCUT2D eigenvalue weighted by Crippen LogP contribution is -2.39. The Morgan fingerprint density at radius 1 is 0.741 bits per heavy atom. The van der Waals surface area contributed by atoms with Gasteiger partial charge in [0.1, 0.15) is 5.82 Å². The highest BCUT2D eigenvalue weighted by molar-refractivity contribution is 9.10. The number of tetrazole rings is 1. The van der Waals surface area contributed by atoms with E-state index >= 15 is 0 Å². The van der Waals surface area contributed by atoms with Gasteiger partial charge in [-0.3, -0.25) is 0 Å². The lowest BCUT2D eigenvalue weighted by Gasteiger charge is -2.34. The first-order valence-electron chi connectivity index (χ1n) is 20.0. The molecule has 4 aromatic carbocycles. The predicted octanol–water partition coefficient (Wildman–Crippen LogP) is 11.0. The Bertz CT molecular complexity index is 2500. The summed E-state index contributed by atoms with van der Waals surface area (Å²) >= 11 is 4.01. The average Bonchev–Trinajstić information content (AvgIpc) is 3.97. The summed E-state index contributed by atoms with van der Waals surface area (Å²) in [6.07, 6.45) is 7.68. The van der Waals surface area contributed by atoms with E-state index in [9.17, 15) is 4.79 Å². The summed E-state index contributed by atoms with van der Waals surface area (Å²) in [7, 11) is 0. The molecule has 0 atom stereocenters. The summed E-state index contributed by atoms with van der Waals surface area (Å²) in [5.41, 5.74) is 8.95. The Hall–Kier alpha value is -6.13. The maximum atomic E-state index is 13.8. The van der Waals surface area contributed by atoms with E-state index < -0.39 is 5.54 Å². The molecular formula is C48H45BrN6O3. The smallest absolute Gasteiger partial charge is 0.356 e. The number of hydrogen-bond donors (Lipinski definition) is 0. The molecule has 3 heterocycles. The van der Waals surface area contributed by atoms with Gasteiger partial charge in [0.15, 0.2) is 11.2 Å². The SMILES string of the molecule is CCCCc1nc(CCC)c(C(=O)OCC)n1Cc1c2ccocc-2c(Br)c1-c1ccccc1-c1nnn(C(c2ccccc2)(c2ccccc2)c2ccccc2)n1. The number of carbonyl (C=O) groups excluding carboxylic acids is 1. The summed E-state index contributed by atoms with van der Waals surface area (Å²) < 4.78 is 14.4. The fraction of sp³-hybridized carbons (Fsp3) is 0.229.